The molecular formula is C32H26N4O3. The summed E-state index contributed by atoms with van der Waals surface area (Å²) in [6.07, 6.45) is 5.90. The number of hydrogen-bond acceptors (Lipinski definition) is 6. The van der Waals surface area contributed by atoms with Crippen LogP contribution in [-0.4, -0.2) is 26.8 Å². The fourth-order valence-corrected chi connectivity index (χ4v) is 7.52. The minimum absolute atomic E-state index is 0.108. The van der Waals surface area contributed by atoms with Gasteiger partial charge in [-0.2, -0.15) is 9.97 Å². The lowest BCUT2D eigenvalue weighted by Crippen LogP contribution is -2.42. The molecule has 3 aliphatic rings. The number of anilines is 1. The van der Waals surface area contributed by atoms with E-state index in [1.54, 1.807) is 0 Å². The molecule has 3 heterocycles. The summed E-state index contributed by atoms with van der Waals surface area (Å²) in [5.41, 5.74) is 1.67. The molecule has 2 unspecified atom stereocenters. The lowest BCUT2D eigenvalue weighted by atomic mass is 9.59. The average molecular weight is 515 g/mol. The van der Waals surface area contributed by atoms with Crippen molar-refractivity contribution in [3.63, 3.8) is 0 Å². The zero-order valence-corrected chi connectivity index (χ0v) is 21.4. The van der Waals surface area contributed by atoms with E-state index in [-0.39, 0.29) is 17.8 Å². The van der Waals surface area contributed by atoms with Crippen molar-refractivity contribution < 1.29 is 14.0 Å². The van der Waals surface area contributed by atoms with E-state index >= 15 is 0 Å². The van der Waals surface area contributed by atoms with Gasteiger partial charge in [0.1, 0.15) is 11.2 Å². The molecule has 0 spiro atoms. The van der Waals surface area contributed by atoms with E-state index in [1.165, 1.54) is 4.90 Å². The molecule has 7 nitrogen and oxygen atoms in total. The molecule has 3 aromatic carbocycles. The predicted molar refractivity (Wildman–Crippen MR) is 148 cm³/mol. The quantitative estimate of drug-likeness (QED) is 0.249. The van der Waals surface area contributed by atoms with Crippen molar-refractivity contribution in [1.82, 2.24) is 15.0 Å². The predicted octanol–water partition coefficient (Wildman–Crippen LogP) is 6.71. The van der Waals surface area contributed by atoms with Crippen molar-refractivity contribution in [1.29, 1.82) is 0 Å². The van der Waals surface area contributed by atoms with Gasteiger partial charge in [-0.25, -0.2) is 9.88 Å². The van der Waals surface area contributed by atoms with Crippen LogP contribution in [-0.2, 0) is 9.59 Å². The van der Waals surface area contributed by atoms with E-state index in [0.717, 1.165) is 66.9 Å². The molecule has 2 aromatic heterocycles. The van der Waals surface area contributed by atoms with E-state index < -0.39 is 10.8 Å². The van der Waals surface area contributed by atoms with Crippen molar-refractivity contribution in [2.75, 3.05) is 4.90 Å². The molecule has 0 bridgehead atoms. The van der Waals surface area contributed by atoms with Gasteiger partial charge < -0.3 is 4.42 Å². The second kappa shape index (κ2) is 8.06. The van der Waals surface area contributed by atoms with Crippen molar-refractivity contribution >= 4 is 39.7 Å². The summed E-state index contributed by atoms with van der Waals surface area (Å²) < 4.78 is 6.28. The number of amides is 2. The summed E-state index contributed by atoms with van der Waals surface area (Å²) in [4.78, 5) is 44.0. The van der Waals surface area contributed by atoms with Gasteiger partial charge in [0.05, 0.1) is 16.4 Å². The number of rotatable bonds is 3. The number of hydrogen-bond donors (Lipinski definition) is 0. The third-order valence-corrected chi connectivity index (χ3v) is 9.31. The van der Waals surface area contributed by atoms with Crippen LogP contribution in [0.25, 0.3) is 44.7 Å². The van der Waals surface area contributed by atoms with Crippen LogP contribution in [0.3, 0.4) is 0 Å². The number of carbonyl (C=O) groups is 2. The second-order valence-corrected chi connectivity index (χ2v) is 11.1. The van der Waals surface area contributed by atoms with Gasteiger partial charge in [-0.15, -0.1) is 0 Å². The molecule has 2 aliphatic carbocycles. The highest BCUT2D eigenvalue weighted by Crippen LogP contribution is 2.66. The maximum Gasteiger partial charge on any atom is 0.243 e. The summed E-state index contributed by atoms with van der Waals surface area (Å²) in [6, 6.07) is 23.4. The Morgan fingerprint density at radius 1 is 0.641 bits per heavy atom. The Kier molecular flexibility index (Phi) is 4.66. The number of fused-ring (bicyclic) bond motifs is 3. The fourth-order valence-electron chi connectivity index (χ4n) is 7.52. The Bertz CT molecular complexity index is 1780. The van der Waals surface area contributed by atoms with Gasteiger partial charge in [0, 0.05) is 16.3 Å². The highest BCUT2D eigenvalue weighted by molar-refractivity contribution is 6.25. The van der Waals surface area contributed by atoms with Crippen LogP contribution in [0.1, 0.15) is 44.9 Å². The lowest BCUT2D eigenvalue weighted by molar-refractivity contribution is -0.135. The first kappa shape index (κ1) is 22.6. The number of para-hydroxylation sites is 2. The number of imide groups is 1. The summed E-state index contributed by atoms with van der Waals surface area (Å²) in [5.74, 6) is 0.626. The molecule has 2 atom stereocenters. The first-order valence-electron chi connectivity index (χ1n) is 13.7. The lowest BCUT2D eigenvalue weighted by Gasteiger charge is -2.39. The Hall–Kier alpha value is -4.39. The monoisotopic (exact) mass is 514 g/mol. The van der Waals surface area contributed by atoms with E-state index in [2.05, 4.69) is 0 Å². The van der Waals surface area contributed by atoms with Crippen LogP contribution in [0.4, 0.5) is 5.95 Å². The third kappa shape index (κ3) is 2.95. The molecule has 0 N–H and O–H groups in total. The van der Waals surface area contributed by atoms with Crippen LogP contribution >= 0.6 is 0 Å². The third-order valence-electron chi connectivity index (χ3n) is 9.31. The molecule has 39 heavy (non-hydrogen) atoms. The second-order valence-electron chi connectivity index (χ2n) is 11.1. The topological polar surface area (TPSA) is 89.2 Å². The van der Waals surface area contributed by atoms with Gasteiger partial charge in [-0.05, 0) is 37.8 Å². The molecule has 7 heteroatoms. The smallest absolute Gasteiger partial charge is 0.243 e. The van der Waals surface area contributed by atoms with Crippen molar-refractivity contribution in [3.05, 3.63) is 72.8 Å². The number of nitrogens with zero attached hydrogens (tertiary/aromatic N) is 4. The number of aromatic nitrogens is 3. The van der Waals surface area contributed by atoms with Gasteiger partial charge in [-0.3, -0.25) is 9.59 Å². The molecule has 5 aromatic rings. The summed E-state index contributed by atoms with van der Waals surface area (Å²) in [6.45, 7) is 0. The minimum Gasteiger partial charge on any atom is -0.455 e. The van der Waals surface area contributed by atoms with Gasteiger partial charge in [-0.1, -0.05) is 79.9 Å². The Morgan fingerprint density at radius 3 is 2.05 bits per heavy atom. The molecular weight excluding hydrogens is 488 g/mol. The number of benzene rings is 3. The van der Waals surface area contributed by atoms with Crippen LogP contribution in [0.2, 0.25) is 0 Å². The molecule has 1 saturated heterocycles. The van der Waals surface area contributed by atoms with Crippen molar-refractivity contribution in [2.24, 2.45) is 10.8 Å². The Labute approximate surface area is 224 Å². The van der Waals surface area contributed by atoms with Gasteiger partial charge in [0.2, 0.25) is 17.8 Å². The van der Waals surface area contributed by atoms with Crippen LogP contribution in [0.15, 0.2) is 77.2 Å². The highest BCUT2D eigenvalue weighted by atomic mass is 16.3. The minimum atomic E-state index is -0.624. The van der Waals surface area contributed by atoms with Crippen LogP contribution in [0, 0.1) is 10.8 Å². The largest absolute Gasteiger partial charge is 0.455 e. The summed E-state index contributed by atoms with van der Waals surface area (Å²) in [5, 5.41) is 1.96. The summed E-state index contributed by atoms with van der Waals surface area (Å²) >= 11 is 0. The molecule has 2 saturated carbocycles. The standard InChI is InChI=1S/C32H26N4O3/c37-28-31-16-6-7-17-32(31,19-9-18-31)29(38)36(28)30-34-26(20-10-2-1-3-11-20)33-27(35-30)23-14-8-13-22-21-12-4-5-15-24(21)39-25(22)23/h1-5,8,10-15H,6-7,9,16-19H2. The van der Waals surface area contributed by atoms with E-state index in [0.29, 0.717) is 22.8 Å². The van der Waals surface area contributed by atoms with Crippen molar-refractivity contribution in [3.8, 4) is 22.8 Å². The van der Waals surface area contributed by atoms with Gasteiger partial charge in [0.25, 0.3) is 0 Å². The molecule has 1 aliphatic heterocycles. The average Bonchev–Trinajstić information content (AvgIpc) is 3.62. The molecule has 2 amide bonds. The maximum absolute atomic E-state index is 14.2. The normalized spacial score (nSPS) is 24.5. The first-order valence-corrected chi connectivity index (χ1v) is 13.7. The zero-order chi connectivity index (χ0) is 26.2. The Morgan fingerprint density at radius 2 is 1.28 bits per heavy atom. The zero-order valence-electron chi connectivity index (χ0n) is 21.4. The SMILES string of the molecule is O=C1N(c2nc(-c3ccccc3)nc(-c3cccc4c3oc3ccccc34)n2)C(=O)C23CCCCC12CCC3. The van der Waals surface area contributed by atoms with E-state index in [1.807, 2.05) is 72.8 Å². The Balaban J connectivity index is 1.35. The molecule has 192 valence electrons. The molecule has 8 rings (SSSR count). The number of carbonyl (C=O) groups excluding carboxylic acids is 2. The van der Waals surface area contributed by atoms with Gasteiger partial charge in [0.15, 0.2) is 11.6 Å². The van der Waals surface area contributed by atoms with Crippen LogP contribution < -0.4 is 4.90 Å². The van der Waals surface area contributed by atoms with E-state index in [4.69, 9.17) is 19.4 Å². The fraction of sp³-hybridized carbons (Fsp3) is 0.281. The molecule has 3 fully saturated rings. The van der Waals surface area contributed by atoms with E-state index in [9.17, 15) is 9.59 Å². The van der Waals surface area contributed by atoms with Gasteiger partial charge >= 0.3 is 0 Å². The molecule has 0 radical (unpaired) electrons. The summed E-state index contributed by atoms with van der Waals surface area (Å²) in [7, 11) is 0. The van der Waals surface area contributed by atoms with Crippen molar-refractivity contribution in [2.45, 2.75) is 44.9 Å². The maximum atomic E-state index is 14.2. The first-order chi connectivity index (χ1) is 19.1. The number of furan rings is 1. The van der Waals surface area contributed by atoms with Crippen LogP contribution in [0.5, 0.6) is 0 Å². The highest BCUT2D eigenvalue weighted by Gasteiger charge is 2.71.